The molecule has 1 aromatic heterocycles. The van der Waals surface area contributed by atoms with Gasteiger partial charge < -0.3 is 14.8 Å². The fourth-order valence-corrected chi connectivity index (χ4v) is 1.75. The smallest absolute Gasteiger partial charge is 0.156 e. The van der Waals surface area contributed by atoms with Crippen LogP contribution in [0.2, 0.25) is 0 Å². The molecule has 0 saturated heterocycles. The van der Waals surface area contributed by atoms with Crippen LogP contribution in [-0.2, 0) is 22.7 Å². The van der Waals surface area contributed by atoms with E-state index in [9.17, 15) is 0 Å². The molecule has 0 saturated carbocycles. The molecule has 0 aliphatic carbocycles. The van der Waals surface area contributed by atoms with Crippen LogP contribution in [0.4, 0.5) is 5.82 Å². The summed E-state index contributed by atoms with van der Waals surface area (Å²) < 4.78 is 11.3. The van der Waals surface area contributed by atoms with Crippen LogP contribution in [0.25, 0.3) is 0 Å². The molecule has 0 aliphatic heterocycles. The van der Waals surface area contributed by atoms with Crippen molar-refractivity contribution in [1.82, 2.24) is 9.97 Å². The standard InChI is InChI=1S/C11H18BrN3O2/c1-4-13-11-10(12)8(6-16-3)14-9(15-11)7-17-5-2/h4-7H2,1-3H3,(H,13,14,15). The molecule has 1 rings (SSSR count). The molecule has 1 N–H and O–H groups in total. The quantitative estimate of drug-likeness (QED) is 0.838. The van der Waals surface area contributed by atoms with Crippen molar-refractivity contribution in [2.75, 3.05) is 25.6 Å². The van der Waals surface area contributed by atoms with Gasteiger partial charge in [0, 0.05) is 20.3 Å². The number of hydrogen-bond acceptors (Lipinski definition) is 5. The van der Waals surface area contributed by atoms with Gasteiger partial charge in [-0.2, -0.15) is 0 Å². The van der Waals surface area contributed by atoms with Crippen molar-refractivity contribution in [2.45, 2.75) is 27.1 Å². The van der Waals surface area contributed by atoms with E-state index in [1.54, 1.807) is 7.11 Å². The number of nitrogens with one attached hydrogen (secondary N) is 1. The molecule has 0 unspecified atom stereocenters. The zero-order valence-corrected chi connectivity index (χ0v) is 12.0. The summed E-state index contributed by atoms with van der Waals surface area (Å²) in [4.78, 5) is 8.79. The van der Waals surface area contributed by atoms with Gasteiger partial charge in [0.2, 0.25) is 0 Å². The van der Waals surface area contributed by atoms with Crippen LogP contribution in [0.5, 0.6) is 0 Å². The minimum atomic E-state index is 0.416. The van der Waals surface area contributed by atoms with E-state index in [1.165, 1.54) is 0 Å². The maximum Gasteiger partial charge on any atom is 0.156 e. The highest BCUT2D eigenvalue weighted by Crippen LogP contribution is 2.24. The van der Waals surface area contributed by atoms with E-state index in [4.69, 9.17) is 9.47 Å². The number of anilines is 1. The summed E-state index contributed by atoms with van der Waals surface area (Å²) in [6, 6.07) is 0. The molecule has 0 spiro atoms. The Labute approximate surface area is 110 Å². The van der Waals surface area contributed by atoms with Gasteiger partial charge in [-0.25, -0.2) is 9.97 Å². The van der Waals surface area contributed by atoms with Gasteiger partial charge in [-0.3, -0.25) is 0 Å². The lowest BCUT2D eigenvalue weighted by molar-refractivity contribution is 0.127. The van der Waals surface area contributed by atoms with Gasteiger partial charge in [-0.15, -0.1) is 0 Å². The number of methoxy groups -OCH3 is 1. The maximum atomic E-state index is 5.32. The van der Waals surface area contributed by atoms with Crippen LogP contribution in [0.3, 0.4) is 0 Å². The Morgan fingerprint density at radius 2 is 2.00 bits per heavy atom. The van der Waals surface area contributed by atoms with Crippen LogP contribution < -0.4 is 5.32 Å². The third kappa shape index (κ3) is 4.22. The van der Waals surface area contributed by atoms with E-state index in [0.29, 0.717) is 25.6 Å². The number of halogens is 1. The molecule has 1 aromatic rings. The molecular weight excluding hydrogens is 286 g/mol. The molecule has 0 aliphatic rings. The monoisotopic (exact) mass is 303 g/mol. The van der Waals surface area contributed by atoms with Gasteiger partial charge in [0.25, 0.3) is 0 Å². The largest absolute Gasteiger partial charge is 0.378 e. The molecule has 0 amide bonds. The third-order valence-electron chi connectivity index (χ3n) is 2.03. The molecule has 0 fully saturated rings. The average Bonchev–Trinajstić information content (AvgIpc) is 2.32. The van der Waals surface area contributed by atoms with Crippen molar-refractivity contribution in [3.8, 4) is 0 Å². The number of rotatable bonds is 7. The topological polar surface area (TPSA) is 56.3 Å². The minimum absolute atomic E-state index is 0.416. The first-order chi connectivity index (χ1) is 8.22. The van der Waals surface area contributed by atoms with Crippen LogP contribution >= 0.6 is 15.9 Å². The molecular formula is C11H18BrN3O2. The van der Waals surface area contributed by atoms with E-state index in [2.05, 4.69) is 31.2 Å². The Kier molecular flexibility index (Phi) is 6.39. The summed E-state index contributed by atoms with van der Waals surface area (Å²) in [5, 5.41) is 3.18. The van der Waals surface area contributed by atoms with Gasteiger partial charge in [0.1, 0.15) is 12.4 Å². The van der Waals surface area contributed by atoms with Gasteiger partial charge in [-0.05, 0) is 29.8 Å². The first-order valence-corrected chi connectivity index (χ1v) is 6.38. The summed E-state index contributed by atoms with van der Waals surface area (Å²) in [6.07, 6.45) is 0. The van der Waals surface area contributed by atoms with Crippen LogP contribution in [0, 0.1) is 0 Å². The Balaban J connectivity index is 2.98. The lowest BCUT2D eigenvalue weighted by atomic mass is 10.4. The van der Waals surface area contributed by atoms with Gasteiger partial charge in [0.15, 0.2) is 5.82 Å². The van der Waals surface area contributed by atoms with Gasteiger partial charge >= 0.3 is 0 Å². The minimum Gasteiger partial charge on any atom is -0.378 e. The predicted molar refractivity (Wildman–Crippen MR) is 69.9 cm³/mol. The average molecular weight is 304 g/mol. The molecule has 0 bridgehead atoms. The Hall–Kier alpha value is -0.720. The normalized spacial score (nSPS) is 10.6. The highest BCUT2D eigenvalue weighted by molar-refractivity contribution is 9.10. The molecule has 1 heterocycles. The second-order valence-corrected chi connectivity index (χ2v) is 4.14. The molecule has 6 heteroatoms. The SMILES string of the molecule is CCNc1nc(COCC)nc(COC)c1Br. The zero-order chi connectivity index (χ0) is 12.7. The second-order valence-electron chi connectivity index (χ2n) is 3.35. The van der Waals surface area contributed by atoms with Crippen LogP contribution in [-0.4, -0.2) is 30.2 Å². The van der Waals surface area contributed by atoms with Crippen molar-refractivity contribution in [2.24, 2.45) is 0 Å². The Bertz CT molecular complexity index is 334. The highest BCUT2D eigenvalue weighted by Gasteiger charge is 2.11. The molecule has 17 heavy (non-hydrogen) atoms. The number of nitrogens with zero attached hydrogens (tertiary/aromatic N) is 2. The number of hydrogen-bond donors (Lipinski definition) is 1. The molecule has 0 radical (unpaired) electrons. The maximum absolute atomic E-state index is 5.32. The van der Waals surface area contributed by atoms with E-state index < -0.39 is 0 Å². The third-order valence-corrected chi connectivity index (χ3v) is 2.86. The summed E-state index contributed by atoms with van der Waals surface area (Å²) in [6.45, 7) is 6.28. The second kappa shape index (κ2) is 7.58. The highest BCUT2D eigenvalue weighted by atomic mass is 79.9. The molecule has 96 valence electrons. The molecule has 0 aromatic carbocycles. The number of aromatic nitrogens is 2. The Morgan fingerprint density at radius 1 is 1.24 bits per heavy atom. The van der Waals surface area contributed by atoms with Crippen molar-refractivity contribution >= 4 is 21.7 Å². The predicted octanol–water partition coefficient (Wildman–Crippen LogP) is 2.35. The van der Waals surface area contributed by atoms with E-state index in [1.807, 2.05) is 13.8 Å². The lowest BCUT2D eigenvalue weighted by Crippen LogP contribution is -2.09. The van der Waals surface area contributed by atoms with Crippen molar-refractivity contribution in [3.05, 3.63) is 16.0 Å². The van der Waals surface area contributed by atoms with Gasteiger partial charge in [0.05, 0.1) is 16.8 Å². The van der Waals surface area contributed by atoms with Crippen LogP contribution in [0.15, 0.2) is 4.47 Å². The summed E-state index contributed by atoms with van der Waals surface area (Å²) >= 11 is 3.48. The summed E-state index contributed by atoms with van der Waals surface area (Å²) in [5.74, 6) is 1.45. The number of ether oxygens (including phenoxy) is 2. The fourth-order valence-electron chi connectivity index (χ4n) is 1.32. The van der Waals surface area contributed by atoms with Crippen molar-refractivity contribution in [1.29, 1.82) is 0 Å². The lowest BCUT2D eigenvalue weighted by Gasteiger charge is -2.11. The fraction of sp³-hybridized carbons (Fsp3) is 0.636. The van der Waals surface area contributed by atoms with E-state index >= 15 is 0 Å². The van der Waals surface area contributed by atoms with Crippen molar-refractivity contribution < 1.29 is 9.47 Å². The summed E-state index contributed by atoms with van der Waals surface area (Å²) in [7, 11) is 1.64. The van der Waals surface area contributed by atoms with Crippen LogP contribution in [0.1, 0.15) is 25.4 Å². The summed E-state index contributed by atoms with van der Waals surface area (Å²) in [5.41, 5.74) is 0.827. The van der Waals surface area contributed by atoms with E-state index in [0.717, 1.165) is 22.5 Å². The first kappa shape index (κ1) is 14.3. The molecule has 0 atom stereocenters. The Morgan fingerprint density at radius 3 is 2.59 bits per heavy atom. The molecule has 5 nitrogen and oxygen atoms in total. The van der Waals surface area contributed by atoms with Crippen molar-refractivity contribution in [3.63, 3.8) is 0 Å². The zero-order valence-electron chi connectivity index (χ0n) is 10.4. The van der Waals surface area contributed by atoms with Gasteiger partial charge in [-0.1, -0.05) is 0 Å². The van der Waals surface area contributed by atoms with E-state index in [-0.39, 0.29) is 0 Å². The first-order valence-electron chi connectivity index (χ1n) is 5.58.